The summed E-state index contributed by atoms with van der Waals surface area (Å²) in [5, 5.41) is 15.3. The molecule has 0 saturated carbocycles. The number of thiazole rings is 1. The highest BCUT2D eigenvalue weighted by atomic mass is 32.2. The second kappa shape index (κ2) is 9.62. The number of nitrogens with one attached hydrogen (secondary N) is 1. The van der Waals surface area contributed by atoms with Gasteiger partial charge >= 0.3 is 0 Å². The van der Waals surface area contributed by atoms with Crippen molar-refractivity contribution >= 4 is 56.2 Å². The smallest absolute Gasteiger partial charge is 0.236 e. The molecule has 0 spiro atoms. The van der Waals surface area contributed by atoms with E-state index in [0.29, 0.717) is 16.8 Å². The maximum atomic E-state index is 12.5. The second-order valence-electron chi connectivity index (χ2n) is 7.29. The zero-order chi connectivity index (χ0) is 23.5. The molecule has 8 nitrogen and oxygen atoms in total. The summed E-state index contributed by atoms with van der Waals surface area (Å²) in [7, 11) is 1.63. The number of amides is 1. The van der Waals surface area contributed by atoms with Crippen molar-refractivity contribution in [2.24, 2.45) is 0 Å². The number of carbonyl (C=O) groups is 1. The number of rotatable bonds is 8. The molecule has 5 rings (SSSR count). The molecule has 34 heavy (non-hydrogen) atoms. The van der Waals surface area contributed by atoms with Gasteiger partial charge < -0.3 is 14.6 Å². The van der Waals surface area contributed by atoms with Gasteiger partial charge in [0.2, 0.25) is 11.1 Å². The zero-order valence-electron chi connectivity index (χ0n) is 18.3. The molecule has 5 aromatic rings. The topological polar surface area (TPSA) is 94.8 Å². The van der Waals surface area contributed by atoms with Gasteiger partial charge in [0.25, 0.3) is 0 Å². The van der Waals surface area contributed by atoms with Crippen molar-refractivity contribution in [1.29, 1.82) is 0 Å². The Morgan fingerprint density at radius 3 is 2.79 bits per heavy atom. The van der Waals surface area contributed by atoms with E-state index >= 15 is 0 Å². The molecule has 0 aliphatic rings. The van der Waals surface area contributed by atoms with Crippen molar-refractivity contribution in [2.45, 2.75) is 11.7 Å². The quantitative estimate of drug-likeness (QED) is 0.242. The normalized spacial score (nSPS) is 11.1. The number of hydrogen-bond acceptors (Lipinski definition) is 8. The predicted octanol–water partition coefficient (Wildman–Crippen LogP) is 5.03. The third-order valence-corrected chi connectivity index (χ3v) is 6.73. The lowest BCUT2D eigenvalue weighted by molar-refractivity contribution is -0.113. The monoisotopic (exact) mass is 488 g/mol. The van der Waals surface area contributed by atoms with E-state index < -0.39 is 0 Å². The minimum absolute atomic E-state index is 0.145. The first kappa shape index (κ1) is 22.1. The number of para-hydroxylation sites is 1. The number of hydrogen-bond donors (Lipinski definition) is 1. The molecule has 0 aliphatic heterocycles. The predicted molar refractivity (Wildman–Crippen MR) is 136 cm³/mol. The standard InChI is InChI=1S/C24H20N6O2S2/c1-3-12-30-19-7-5-4-6-17(19)21-22(30)27-24(29-28-21)34-14-20(31)26-23-25-18(13-33-23)15-8-10-16(32-2)11-9-15/h3-11,13H,1,12,14H2,2H3,(H,25,26,31). The first-order valence-electron chi connectivity index (χ1n) is 10.4. The molecular formula is C24H20N6O2S2. The Bertz CT molecular complexity index is 1490. The van der Waals surface area contributed by atoms with Gasteiger partial charge in [0.15, 0.2) is 10.8 Å². The summed E-state index contributed by atoms with van der Waals surface area (Å²) in [4.78, 5) is 21.7. The Hall–Kier alpha value is -3.76. The van der Waals surface area contributed by atoms with E-state index in [9.17, 15) is 4.79 Å². The average Bonchev–Trinajstić information content (AvgIpc) is 3.46. The van der Waals surface area contributed by atoms with Crippen LogP contribution < -0.4 is 10.1 Å². The van der Waals surface area contributed by atoms with E-state index in [4.69, 9.17) is 4.74 Å². The molecule has 0 radical (unpaired) electrons. The van der Waals surface area contributed by atoms with Crippen molar-refractivity contribution in [3.8, 4) is 17.0 Å². The van der Waals surface area contributed by atoms with Crippen molar-refractivity contribution in [3.63, 3.8) is 0 Å². The van der Waals surface area contributed by atoms with Crippen LogP contribution in [0.1, 0.15) is 0 Å². The summed E-state index contributed by atoms with van der Waals surface area (Å²) in [5.74, 6) is 0.743. The fraction of sp³-hybridized carbons (Fsp3) is 0.125. The Morgan fingerprint density at radius 2 is 2.00 bits per heavy atom. The van der Waals surface area contributed by atoms with Gasteiger partial charge in [-0.25, -0.2) is 9.97 Å². The van der Waals surface area contributed by atoms with E-state index in [1.807, 2.05) is 64.6 Å². The summed E-state index contributed by atoms with van der Waals surface area (Å²) in [5.41, 5.74) is 4.23. The van der Waals surface area contributed by atoms with Crippen LogP contribution in [0.5, 0.6) is 5.75 Å². The van der Waals surface area contributed by atoms with Crippen LogP contribution in [-0.2, 0) is 11.3 Å². The van der Waals surface area contributed by atoms with Gasteiger partial charge in [-0.05, 0) is 30.3 Å². The van der Waals surface area contributed by atoms with Crippen LogP contribution in [0.3, 0.4) is 0 Å². The maximum absolute atomic E-state index is 12.5. The molecule has 1 amide bonds. The molecule has 170 valence electrons. The Kier molecular flexibility index (Phi) is 6.24. The number of thioether (sulfide) groups is 1. The van der Waals surface area contributed by atoms with Crippen LogP contribution in [0.15, 0.2) is 71.7 Å². The number of benzene rings is 2. The van der Waals surface area contributed by atoms with Crippen molar-refractivity contribution in [3.05, 3.63) is 66.6 Å². The highest BCUT2D eigenvalue weighted by Crippen LogP contribution is 2.28. The lowest BCUT2D eigenvalue weighted by atomic mass is 10.2. The summed E-state index contributed by atoms with van der Waals surface area (Å²) in [6.45, 7) is 4.45. The summed E-state index contributed by atoms with van der Waals surface area (Å²) in [6, 6.07) is 15.6. The minimum Gasteiger partial charge on any atom is -0.497 e. The number of nitrogens with zero attached hydrogens (tertiary/aromatic N) is 5. The second-order valence-corrected chi connectivity index (χ2v) is 9.09. The maximum Gasteiger partial charge on any atom is 0.236 e. The van der Waals surface area contributed by atoms with E-state index in [0.717, 1.165) is 39.1 Å². The van der Waals surface area contributed by atoms with Crippen molar-refractivity contribution in [2.75, 3.05) is 18.2 Å². The molecule has 0 aliphatic carbocycles. The first-order chi connectivity index (χ1) is 16.7. The number of anilines is 1. The number of carbonyl (C=O) groups excluding carboxylic acids is 1. The molecule has 0 atom stereocenters. The molecule has 1 N–H and O–H groups in total. The Balaban J connectivity index is 1.27. The van der Waals surface area contributed by atoms with Gasteiger partial charge in [0.05, 0.1) is 24.1 Å². The highest BCUT2D eigenvalue weighted by Gasteiger charge is 2.15. The third-order valence-electron chi connectivity index (χ3n) is 5.13. The third kappa shape index (κ3) is 4.37. The molecular weight excluding hydrogens is 468 g/mol. The number of ether oxygens (including phenoxy) is 1. The van der Waals surface area contributed by atoms with E-state index in [-0.39, 0.29) is 11.7 Å². The van der Waals surface area contributed by atoms with Gasteiger partial charge in [-0.1, -0.05) is 36.0 Å². The van der Waals surface area contributed by atoms with Crippen LogP contribution in [0.25, 0.3) is 33.3 Å². The first-order valence-corrected chi connectivity index (χ1v) is 12.3. The lowest BCUT2D eigenvalue weighted by Gasteiger charge is -2.04. The Morgan fingerprint density at radius 1 is 1.18 bits per heavy atom. The molecule has 3 heterocycles. The van der Waals surface area contributed by atoms with Gasteiger partial charge in [-0.15, -0.1) is 28.1 Å². The Labute approximate surface area is 203 Å². The summed E-state index contributed by atoms with van der Waals surface area (Å²) >= 11 is 2.61. The molecule has 0 fully saturated rings. The summed E-state index contributed by atoms with van der Waals surface area (Å²) in [6.07, 6.45) is 1.82. The molecule has 0 saturated heterocycles. The highest BCUT2D eigenvalue weighted by molar-refractivity contribution is 7.99. The van der Waals surface area contributed by atoms with E-state index in [1.165, 1.54) is 23.1 Å². The van der Waals surface area contributed by atoms with Gasteiger partial charge in [0, 0.05) is 22.9 Å². The van der Waals surface area contributed by atoms with Crippen LogP contribution in [0, 0.1) is 0 Å². The molecule has 0 unspecified atom stereocenters. The van der Waals surface area contributed by atoms with Gasteiger partial charge in [0.1, 0.15) is 11.3 Å². The SMILES string of the molecule is C=CCn1c2ccccc2c2nnc(SCC(=O)Nc3nc(-c4ccc(OC)cc4)cs3)nc21. The van der Waals surface area contributed by atoms with Gasteiger partial charge in [-0.3, -0.25) is 4.79 Å². The molecule has 0 bridgehead atoms. The fourth-order valence-electron chi connectivity index (χ4n) is 3.58. The largest absolute Gasteiger partial charge is 0.497 e. The summed E-state index contributed by atoms with van der Waals surface area (Å²) < 4.78 is 7.23. The van der Waals surface area contributed by atoms with Gasteiger partial charge in [-0.2, -0.15) is 0 Å². The molecule has 10 heteroatoms. The fourth-order valence-corrected chi connectivity index (χ4v) is 4.89. The number of fused-ring (bicyclic) bond motifs is 3. The van der Waals surface area contributed by atoms with Crippen LogP contribution in [0.2, 0.25) is 0 Å². The average molecular weight is 489 g/mol. The number of methoxy groups -OCH3 is 1. The zero-order valence-corrected chi connectivity index (χ0v) is 19.9. The van der Waals surface area contributed by atoms with Crippen LogP contribution >= 0.6 is 23.1 Å². The number of aromatic nitrogens is 5. The number of allylic oxidation sites excluding steroid dienone is 1. The van der Waals surface area contributed by atoms with Crippen LogP contribution in [-0.4, -0.2) is 43.5 Å². The molecule has 2 aromatic carbocycles. The van der Waals surface area contributed by atoms with Crippen molar-refractivity contribution < 1.29 is 9.53 Å². The molecule has 3 aromatic heterocycles. The minimum atomic E-state index is -0.184. The lowest BCUT2D eigenvalue weighted by Crippen LogP contribution is -2.14. The van der Waals surface area contributed by atoms with Crippen molar-refractivity contribution in [1.82, 2.24) is 24.7 Å². The van der Waals surface area contributed by atoms with Crippen LogP contribution in [0.4, 0.5) is 5.13 Å². The van der Waals surface area contributed by atoms with E-state index in [2.05, 4.69) is 32.1 Å². The van der Waals surface area contributed by atoms with E-state index in [1.54, 1.807) is 7.11 Å².